The monoisotopic (exact) mass is 335 g/mol. The van der Waals surface area contributed by atoms with E-state index in [1.165, 1.54) is 18.4 Å². The lowest BCUT2D eigenvalue weighted by Crippen LogP contribution is -2.25. The number of hydrogen-bond donors (Lipinski definition) is 0. The fraction of sp³-hybridized carbons (Fsp3) is 0.467. The summed E-state index contributed by atoms with van der Waals surface area (Å²) in [4.78, 5) is 2.40. The van der Waals surface area contributed by atoms with Gasteiger partial charge in [0.15, 0.2) is 0 Å². The first-order valence-corrected chi connectivity index (χ1v) is 7.74. The predicted molar refractivity (Wildman–Crippen MR) is 80.0 cm³/mol. The van der Waals surface area contributed by atoms with Gasteiger partial charge in [0.05, 0.1) is 6.54 Å². The molecule has 4 nitrogen and oxygen atoms in total. The first-order valence-electron chi connectivity index (χ1n) is 6.95. The average molecular weight is 336 g/mol. The smallest absolute Gasteiger partial charge is 0.230 e. The molecule has 1 aliphatic carbocycles. The standard InChI is InChI=1S/C15H18BrN3O/c1-11-17-18-15(20-11)10-19(8-12-5-6-12)9-13-3-2-4-14(16)7-13/h2-4,7,12H,5-6,8-10H2,1H3. The zero-order valence-electron chi connectivity index (χ0n) is 11.6. The van der Waals surface area contributed by atoms with Gasteiger partial charge in [0.25, 0.3) is 0 Å². The Kier molecular flexibility index (Phi) is 4.17. The topological polar surface area (TPSA) is 42.2 Å². The van der Waals surface area contributed by atoms with E-state index in [9.17, 15) is 0 Å². The Labute approximate surface area is 127 Å². The van der Waals surface area contributed by atoms with E-state index in [2.05, 4.69) is 55.3 Å². The SMILES string of the molecule is Cc1nnc(CN(Cc2cccc(Br)c2)CC2CC2)o1. The molecule has 1 aromatic carbocycles. The second-order valence-electron chi connectivity index (χ2n) is 5.46. The van der Waals surface area contributed by atoms with Crippen molar-refractivity contribution >= 4 is 15.9 Å². The molecule has 3 rings (SSSR count). The van der Waals surface area contributed by atoms with Crippen molar-refractivity contribution in [1.82, 2.24) is 15.1 Å². The van der Waals surface area contributed by atoms with Gasteiger partial charge in [-0.25, -0.2) is 0 Å². The third-order valence-electron chi connectivity index (χ3n) is 3.44. The molecule has 0 saturated heterocycles. The van der Waals surface area contributed by atoms with Crippen LogP contribution >= 0.6 is 15.9 Å². The number of rotatable bonds is 6. The molecule has 0 spiro atoms. The fourth-order valence-electron chi connectivity index (χ4n) is 2.34. The van der Waals surface area contributed by atoms with Gasteiger partial charge in [-0.05, 0) is 36.5 Å². The van der Waals surface area contributed by atoms with Crippen LogP contribution in [0.25, 0.3) is 0 Å². The van der Waals surface area contributed by atoms with Crippen LogP contribution in [-0.2, 0) is 13.1 Å². The maximum Gasteiger partial charge on any atom is 0.230 e. The van der Waals surface area contributed by atoms with Gasteiger partial charge in [-0.3, -0.25) is 4.90 Å². The predicted octanol–water partition coefficient (Wildman–Crippen LogP) is 3.55. The fourth-order valence-corrected chi connectivity index (χ4v) is 2.78. The van der Waals surface area contributed by atoms with Crippen molar-refractivity contribution in [3.8, 4) is 0 Å². The van der Waals surface area contributed by atoms with E-state index < -0.39 is 0 Å². The highest BCUT2D eigenvalue weighted by Gasteiger charge is 2.25. The summed E-state index contributed by atoms with van der Waals surface area (Å²) in [6.45, 7) is 4.57. The molecule has 2 aromatic rings. The van der Waals surface area contributed by atoms with Gasteiger partial charge in [-0.1, -0.05) is 28.1 Å². The Balaban J connectivity index is 1.68. The molecule has 1 saturated carbocycles. The van der Waals surface area contributed by atoms with Gasteiger partial charge in [0.2, 0.25) is 11.8 Å². The van der Waals surface area contributed by atoms with Crippen LogP contribution in [0.15, 0.2) is 33.2 Å². The number of hydrogen-bond acceptors (Lipinski definition) is 4. The summed E-state index contributed by atoms with van der Waals surface area (Å²) in [5.74, 6) is 2.18. The van der Waals surface area contributed by atoms with Crippen molar-refractivity contribution in [3.63, 3.8) is 0 Å². The Hall–Kier alpha value is -1.20. The lowest BCUT2D eigenvalue weighted by atomic mass is 10.2. The van der Waals surface area contributed by atoms with Gasteiger partial charge >= 0.3 is 0 Å². The molecule has 1 aliphatic rings. The molecule has 1 fully saturated rings. The molecule has 0 radical (unpaired) electrons. The van der Waals surface area contributed by atoms with Crippen LogP contribution in [-0.4, -0.2) is 21.6 Å². The Bertz CT molecular complexity index is 580. The minimum Gasteiger partial charge on any atom is -0.424 e. The molecule has 106 valence electrons. The van der Waals surface area contributed by atoms with Crippen LogP contribution in [0.5, 0.6) is 0 Å². The summed E-state index contributed by atoms with van der Waals surface area (Å²) in [6.07, 6.45) is 2.69. The molecule has 20 heavy (non-hydrogen) atoms. The summed E-state index contributed by atoms with van der Waals surface area (Å²) in [5.41, 5.74) is 1.30. The second-order valence-corrected chi connectivity index (χ2v) is 6.37. The molecule has 5 heteroatoms. The maximum absolute atomic E-state index is 5.50. The molecule has 0 aliphatic heterocycles. The molecular formula is C15H18BrN3O. The van der Waals surface area contributed by atoms with Gasteiger partial charge in [0.1, 0.15) is 0 Å². The number of benzene rings is 1. The minimum atomic E-state index is 0.633. The lowest BCUT2D eigenvalue weighted by Gasteiger charge is -2.20. The molecule has 0 amide bonds. The van der Waals surface area contributed by atoms with Crippen molar-refractivity contribution in [3.05, 3.63) is 46.1 Å². The number of nitrogens with zero attached hydrogens (tertiary/aromatic N) is 3. The van der Waals surface area contributed by atoms with Gasteiger partial charge < -0.3 is 4.42 Å². The number of halogens is 1. The van der Waals surface area contributed by atoms with Crippen molar-refractivity contribution in [2.24, 2.45) is 5.92 Å². The van der Waals surface area contributed by atoms with Crippen molar-refractivity contribution in [2.45, 2.75) is 32.9 Å². The van der Waals surface area contributed by atoms with E-state index in [-0.39, 0.29) is 0 Å². The first-order chi connectivity index (χ1) is 9.69. The Morgan fingerprint density at radius 3 is 2.80 bits per heavy atom. The number of aromatic nitrogens is 2. The molecule has 1 heterocycles. The average Bonchev–Trinajstić information content (AvgIpc) is 3.11. The zero-order chi connectivity index (χ0) is 13.9. The Morgan fingerprint density at radius 1 is 1.30 bits per heavy atom. The normalized spacial score (nSPS) is 14.9. The van der Waals surface area contributed by atoms with E-state index in [0.29, 0.717) is 11.8 Å². The van der Waals surface area contributed by atoms with Gasteiger partial charge in [-0.15, -0.1) is 10.2 Å². The molecule has 0 unspecified atom stereocenters. The van der Waals surface area contributed by atoms with Crippen LogP contribution < -0.4 is 0 Å². The lowest BCUT2D eigenvalue weighted by molar-refractivity contribution is 0.220. The summed E-state index contributed by atoms with van der Waals surface area (Å²) < 4.78 is 6.62. The summed E-state index contributed by atoms with van der Waals surface area (Å²) >= 11 is 3.53. The molecule has 0 bridgehead atoms. The molecule has 1 aromatic heterocycles. The van der Waals surface area contributed by atoms with Crippen molar-refractivity contribution in [2.75, 3.05) is 6.54 Å². The van der Waals surface area contributed by atoms with E-state index in [4.69, 9.17) is 4.42 Å². The van der Waals surface area contributed by atoms with Crippen molar-refractivity contribution < 1.29 is 4.42 Å². The van der Waals surface area contributed by atoms with E-state index in [1.807, 2.05) is 6.92 Å². The Morgan fingerprint density at radius 2 is 2.15 bits per heavy atom. The minimum absolute atomic E-state index is 0.633. The second kappa shape index (κ2) is 6.06. The van der Waals surface area contributed by atoms with Crippen LogP contribution in [0.2, 0.25) is 0 Å². The van der Waals surface area contributed by atoms with E-state index >= 15 is 0 Å². The first kappa shape index (κ1) is 13.8. The summed E-state index contributed by atoms with van der Waals surface area (Å²) in [6, 6.07) is 8.45. The highest BCUT2D eigenvalue weighted by Crippen LogP contribution is 2.30. The summed E-state index contributed by atoms with van der Waals surface area (Å²) in [5, 5.41) is 8.01. The highest BCUT2D eigenvalue weighted by molar-refractivity contribution is 9.10. The van der Waals surface area contributed by atoms with Crippen LogP contribution in [0.1, 0.15) is 30.2 Å². The zero-order valence-corrected chi connectivity index (χ0v) is 13.1. The number of aryl methyl sites for hydroxylation is 1. The molecule has 0 N–H and O–H groups in total. The van der Waals surface area contributed by atoms with Gasteiger partial charge in [0, 0.05) is 24.5 Å². The highest BCUT2D eigenvalue weighted by atomic mass is 79.9. The van der Waals surface area contributed by atoms with Crippen LogP contribution in [0.3, 0.4) is 0 Å². The molecule has 0 atom stereocenters. The quantitative estimate of drug-likeness (QED) is 0.809. The summed E-state index contributed by atoms with van der Waals surface area (Å²) in [7, 11) is 0. The van der Waals surface area contributed by atoms with E-state index in [1.54, 1.807) is 0 Å². The third kappa shape index (κ3) is 3.90. The van der Waals surface area contributed by atoms with Crippen molar-refractivity contribution in [1.29, 1.82) is 0 Å². The van der Waals surface area contributed by atoms with Crippen LogP contribution in [0.4, 0.5) is 0 Å². The maximum atomic E-state index is 5.50. The molecular weight excluding hydrogens is 318 g/mol. The van der Waals surface area contributed by atoms with E-state index in [0.717, 1.165) is 30.0 Å². The third-order valence-corrected chi connectivity index (χ3v) is 3.93. The largest absolute Gasteiger partial charge is 0.424 e. The van der Waals surface area contributed by atoms with Crippen LogP contribution in [0, 0.1) is 12.8 Å². The van der Waals surface area contributed by atoms with Gasteiger partial charge in [-0.2, -0.15) is 0 Å².